The summed E-state index contributed by atoms with van der Waals surface area (Å²) in [5.41, 5.74) is 1.45. The van der Waals surface area contributed by atoms with E-state index in [2.05, 4.69) is 26.6 Å². The molecule has 8 nitrogen and oxygen atoms in total. The Kier molecular flexibility index (Phi) is 6.89. The summed E-state index contributed by atoms with van der Waals surface area (Å²) in [5, 5.41) is 17.6. The molecule has 30 heavy (non-hydrogen) atoms. The number of amides is 1. The summed E-state index contributed by atoms with van der Waals surface area (Å²) in [4.78, 5) is 23.8. The van der Waals surface area contributed by atoms with E-state index in [1.165, 1.54) is 11.3 Å². The van der Waals surface area contributed by atoms with Crippen molar-refractivity contribution in [2.75, 3.05) is 38.2 Å². The number of nitriles is 1. The third-order valence-electron chi connectivity index (χ3n) is 5.52. The minimum Gasteiger partial charge on any atom is -0.381 e. The van der Waals surface area contributed by atoms with Gasteiger partial charge < -0.3 is 15.4 Å². The second kappa shape index (κ2) is 9.98. The van der Waals surface area contributed by atoms with Gasteiger partial charge in [-0.3, -0.25) is 9.69 Å². The van der Waals surface area contributed by atoms with E-state index in [-0.39, 0.29) is 11.9 Å². The lowest BCUT2D eigenvalue weighted by Crippen LogP contribution is -2.39. The Morgan fingerprint density at radius 2 is 2.17 bits per heavy atom. The van der Waals surface area contributed by atoms with Crippen LogP contribution in [0.4, 0.5) is 10.9 Å². The van der Waals surface area contributed by atoms with Crippen LogP contribution in [0.2, 0.25) is 0 Å². The quantitative estimate of drug-likeness (QED) is 0.685. The number of hydrogen-bond acceptors (Lipinski definition) is 8. The summed E-state index contributed by atoms with van der Waals surface area (Å²) in [6.45, 7) is 3.67. The average molecular weight is 427 g/mol. The second-order valence-corrected chi connectivity index (χ2v) is 8.56. The van der Waals surface area contributed by atoms with Crippen LogP contribution in [0.25, 0.3) is 0 Å². The summed E-state index contributed by atoms with van der Waals surface area (Å²) in [6.07, 6.45) is 3.82. The number of hydrogen-bond donors (Lipinski definition) is 2. The highest BCUT2D eigenvalue weighted by molar-refractivity contribution is 7.14. The number of rotatable bonds is 6. The van der Waals surface area contributed by atoms with Gasteiger partial charge in [0.25, 0.3) is 5.91 Å². The van der Waals surface area contributed by atoms with Crippen molar-refractivity contribution in [1.29, 1.82) is 5.26 Å². The summed E-state index contributed by atoms with van der Waals surface area (Å²) >= 11 is 1.39. The topological polar surface area (TPSA) is 103 Å². The van der Waals surface area contributed by atoms with Gasteiger partial charge in [-0.15, -0.1) is 11.3 Å². The lowest BCUT2D eigenvalue weighted by Gasteiger charge is -2.30. The van der Waals surface area contributed by atoms with E-state index in [1.54, 1.807) is 5.38 Å². The molecular weight excluding hydrogens is 400 g/mol. The van der Waals surface area contributed by atoms with Crippen LogP contribution in [0.3, 0.4) is 0 Å². The molecule has 2 saturated heterocycles. The Bertz CT molecular complexity index is 905. The molecule has 0 aromatic carbocycles. The number of thiazole rings is 1. The lowest BCUT2D eigenvalue weighted by atomic mass is 9.94. The van der Waals surface area contributed by atoms with Gasteiger partial charge in [0.1, 0.15) is 11.5 Å². The van der Waals surface area contributed by atoms with Crippen molar-refractivity contribution in [2.45, 2.75) is 37.6 Å². The van der Waals surface area contributed by atoms with E-state index in [9.17, 15) is 4.79 Å². The minimum absolute atomic E-state index is 0.146. The first-order valence-electron chi connectivity index (χ1n) is 10.4. The van der Waals surface area contributed by atoms with Gasteiger partial charge in [0.05, 0.1) is 12.6 Å². The smallest absolute Gasteiger partial charge is 0.271 e. The predicted octanol–water partition coefficient (Wildman–Crippen LogP) is 2.89. The molecule has 2 N–H and O–H groups in total. The van der Waals surface area contributed by atoms with E-state index in [4.69, 9.17) is 15.0 Å². The number of piperidine rings is 1. The van der Waals surface area contributed by atoms with Crippen LogP contribution < -0.4 is 10.6 Å². The van der Waals surface area contributed by atoms with Gasteiger partial charge in [0.2, 0.25) is 0 Å². The molecule has 4 rings (SSSR count). The summed E-state index contributed by atoms with van der Waals surface area (Å²) in [5.74, 6) is 0.898. The summed E-state index contributed by atoms with van der Waals surface area (Å²) < 4.78 is 5.33. The highest BCUT2D eigenvalue weighted by Crippen LogP contribution is 2.27. The maximum absolute atomic E-state index is 12.4. The van der Waals surface area contributed by atoms with Gasteiger partial charge in [-0.05, 0) is 44.4 Å². The van der Waals surface area contributed by atoms with Gasteiger partial charge in [-0.1, -0.05) is 6.07 Å². The molecule has 158 valence electrons. The second-order valence-electron chi connectivity index (χ2n) is 7.70. The number of pyridine rings is 1. The molecule has 2 aliphatic rings. The maximum atomic E-state index is 12.4. The summed E-state index contributed by atoms with van der Waals surface area (Å²) in [7, 11) is 0. The maximum Gasteiger partial charge on any atom is 0.271 e. The number of anilines is 2. The van der Waals surface area contributed by atoms with Crippen LogP contribution in [-0.4, -0.2) is 59.7 Å². The van der Waals surface area contributed by atoms with Crippen LogP contribution in [0, 0.1) is 11.3 Å². The van der Waals surface area contributed by atoms with Crippen molar-refractivity contribution in [2.24, 2.45) is 0 Å². The molecule has 0 aliphatic carbocycles. The van der Waals surface area contributed by atoms with Crippen molar-refractivity contribution in [1.82, 2.24) is 20.2 Å². The van der Waals surface area contributed by atoms with E-state index in [1.807, 2.05) is 18.2 Å². The molecule has 0 radical (unpaired) electrons. The third-order valence-corrected chi connectivity index (χ3v) is 6.27. The van der Waals surface area contributed by atoms with Gasteiger partial charge in [0.15, 0.2) is 5.13 Å². The molecule has 0 saturated carbocycles. The Balaban J connectivity index is 1.37. The fraction of sp³-hybridized carbons (Fsp3) is 0.524. The summed E-state index contributed by atoms with van der Waals surface area (Å²) in [6, 6.07) is 8.32. The molecule has 2 aliphatic heterocycles. The van der Waals surface area contributed by atoms with Gasteiger partial charge in [-0.25, -0.2) is 9.97 Å². The van der Waals surface area contributed by atoms with Crippen molar-refractivity contribution < 1.29 is 9.53 Å². The van der Waals surface area contributed by atoms with Gasteiger partial charge >= 0.3 is 0 Å². The number of nitrogens with zero attached hydrogens (tertiary/aromatic N) is 4. The zero-order valence-electron chi connectivity index (χ0n) is 16.8. The molecule has 0 spiro atoms. The zero-order chi connectivity index (χ0) is 20.8. The SMILES string of the molecule is N#CCN1CCC[C@@H](c2cccc(Nc3nc(C(=O)NC4CCOCC4)cs3)n2)C1. The first kappa shape index (κ1) is 20.7. The van der Waals surface area contributed by atoms with E-state index in [0.29, 0.717) is 36.5 Å². The fourth-order valence-electron chi connectivity index (χ4n) is 3.94. The van der Waals surface area contributed by atoms with Crippen LogP contribution in [0.5, 0.6) is 0 Å². The minimum atomic E-state index is -0.146. The van der Waals surface area contributed by atoms with E-state index < -0.39 is 0 Å². The molecule has 2 aromatic heterocycles. The molecular formula is C21H26N6O2S. The number of carbonyl (C=O) groups excluding carboxylic acids is 1. The zero-order valence-corrected chi connectivity index (χ0v) is 17.7. The van der Waals surface area contributed by atoms with Gasteiger partial charge in [-0.2, -0.15) is 5.26 Å². The molecule has 1 atom stereocenters. The number of nitrogens with one attached hydrogen (secondary N) is 2. The lowest BCUT2D eigenvalue weighted by molar-refractivity contribution is 0.0694. The van der Waals surface area contributed by atoms with Crippen LogP contribution >= 0.6 is 11.3 Å². The largest absolute Gasteiger partial charge is 0.381 e. The van der Waals surface area contributed by atoms with E-state index >= 15 is 0 Å². The van der Waals surface area contributed by atoms with Crippen molar-refractivity contribution in [3.63, 3.8) is 0 Å². The van der Waals surface area contributed by atoms with Crippen LogP contribution in [0.1, 0.15) is 47.8 Å². The Hall–Kier alpha value is -2.54. The fourth-order valence-corrected chi connectivity index (χ4v) is 4.63. The molecule has 0 unspecified atom stereocenters. The van der Waals surface area contributed by atoms with Crippen LogP contribution in [-0.2, 0) is 4.74 Å². The molecule has 1 amide bonds. The van der Waals surface area contributed by atoms with Gasteiger partial charge in [0, 0.05) is 42.8 Å². The monoisotopic (exact) mass is 426 g/mol. The first-order valence-corrected chi connectivity index (χ1v) is 11.3. The Morgan fingerprint density at radius 3 is 3.00 bits per heavy atom. The van der Waals surface area contributed by atoms with Crippen LogP contribution in [0.15, 0.2) is 23.6 Å². The number of aromatic nitrogens is 2. The number of likely N-dealkylation sites (tertiary alicyclic amines) is 1. The Labute approximate surface area is 180 Å². The molecule has 0 bridgehead atoms. The third kappa shape index (κ3) is 5.33. The molecule has 9 heteroatoms. The van der Waals surface area contributed by atoms with Crippen molar-refractivity contribution >= 4 is 28.2 Å². The Morgan fingerprint density at radius 1 is 1.30 bits per heavy atom. The highest BCUT2D eigenvalue weighted by Gasteiger charge is 2.23. The molecule has 4 heterocycles. The standard InChI is InChI=1S/C21H26N6O2S/c22-8-10-27-9-2-3-15(13-27)17-4-1-5-19(24-17)26-21-25-18(14-30-21)20(28)23-16-6-11-29-12-7-16/h1,4-5,14-16H,2-3,6-7,9-13H2,(H,23,28)(H,24,25,26)/t15-/m1/s1. The predicted molar refractivity (Wildman–Crippen MR) is 115 cm³/mol. The normalized spacial score (nSPS) is 20.4. The van der Waals surface area contributed by atoms with Crippen molar-refractivity contribution in [3.8, 4) is 6.07 Å². The average Bonchev–Trinajstić information content (AvgIpc) is 3.24. The highest BCUT2D eigenvalue weighted by atomic mass is 32.1. The molecule has 2 fully saturated rings. The van der Waals surface area contributed by atoms with Crippen molar-refractivity contribution in [3.05, 3.63) is 35.0 Å². The first-order chi connectivity index (χ1) is 14.7. The molecule has 2 aromatic rings. The number of ether oxygens (including phenoxy) is 1. The van der Waals surface area contributed by atoms with E-state index in [0.717, 1.165) is 50.3 Å². The number of carbonyl (C=O) groups is 1.